The lowest BCUT2D eigenvalue weighted by atomic mass is 10.1. The molecule has 0 spiro atoms. The van der Waals surface area contributed by atoms with E-state index in [0.717, 1.165) is 70.6 Å². The van der Waals surface area contributed by atoms with E-state index in [0.29, 0.717) is 23.9 Å². The van der Waals surface area contributed by atoms with Crippen LogP contribution in [0, 0.1) is 0 Å². The average molecular weight is 815 g/mol. The van der Waals surface area contributed by atoms with Gasteiger partial charge in [-0.2, -0.15) is 0 Å². The molecule has 330 valence electrons. The molecule has 0 amide bonds. The van der Waals surface area contributed by atoms with Crippen LogP contribution in [-0.2, 0) is 32.7 Å². The summed E-state index contributed by atoms with van der Waals surface area (Å²) in [5.41, 5.74) is 0. The molecule has 0 aromatic heterocycles. The highest BCUT2D eigenvalue weighted by Crippen LogP contribution is 2.45. The van der Waals surface area contributed by atoms with E-state index < -0.39 is 32.6 Å². The molecule has 0 aromatic rings. The number of esters is 2. The van der Waals surface area contributed by atoms with Gasteiger partial charge in [0.15, 0.2) is 6.10 Å². The third kappa shape index (κ3) is 39.3. The van der Waals surface area contributed by atoms with Crippen LogP contribution in [0.5, 0.6) is 0 Å². The zero-order valence-electron chi connectivity index (χ0n) is 37.3. The van der Waals surface area contributed by atoms with Gasteiger partial charge in [-0.25, -0.2) is 4.57 Å². The number of likely N-dealkylation sites (N-methyl/N-ethyl adjacent to an activating group) is 1. The molecule has 1 N–H and O–H groups in total. The molecule has 0 aliphatic rings. The Labute approximate surface area is 345 Å². The number of nitrogens with zero attached hydrogens (tertiary/aromatic N) is 1. The molecule has 0 radical (unpaired) electrons. The number of unbranched alkanes of at least 4 members (excludes halogenated alkanes) is 22. The van der Waals surface area contributed by atoms with Gasteiger partial charge in [-0.3, -0.25) is 18.6 Å². The Morgan fingerprint density at radius 2 is 0.946 bits per heavy atom. The van der Waals surface area contributed by atoms with Crippen molar-refractivity contribution in [2.75, 3.05) is 40.9 Å². The molecule has 0 fully saturated rings. The maximum Gasteiger partial charge on any atom is 0.472 e. The van der Waals surface area contributed by atoms with Crippen LogP contribution in [0.4, 0.5) is 0 Å². The third-order valence-corrected chi connectivity index (χ3v) is 11.0. The van der Waals surface area contributed by atoms with Crippen molar-refractivity contribution in [2.45, 2.75) is 219 Å². The van der Waals surface area contributed by atoms with Gasteiger partial charge in [0.1, 0.15) is 19.3 Å². The standard InChI is InChI=1S/C46H88NO8P/c1-7-10-12-14-16-18-20-22-24-26-28-30-32-34-36-38-45(48)52-41-44(42-53-56(50,51)55-43(9-3)40-47(4,5)6)54-46(49)39-37-35-33-31-29-27-25-23-21-19-17-15-13-11-8-2/h22-25,43-44H,7-21,26-42H2,1-6H3/p+1/b24-22-,25-23-/t43-,44+/m0/s1. The highest BCUT2D eigenvalue weighted by molar-refractivity contribution is 7.47. The number of ether oxygens (including phenoxy) is 2. The van der Waals surface area contributed by atoms with E-state index >= 15 is 0 Å². The van der Waals surface area contributed by atoms with Gasteiger partial charge in [0.2, 0.25) is 0 Å². The zero-order chi connectivity index (χ0) is 41.6. The Morgan fingerprint density at radius 1 is 0.554 bits per heavy atom. The summed E-state index contributed by atoms with van der Waals surface area (Å²) in [6.07, 6.45) is 39.3. The summed E-state index contributed by atoms with van der Waals surface area (Å²) < 4.78 is 35.2. The van der Waals surface area contributed by atoms with Crippen molar-refractivity contribution in [2.24, 2.45) is 0 Å². The maximum atomic E-state index is 12.8. The van der Waals surface area contributed by atoms with Gasteiger partial charge >= 0.3 is 19.8 Å². The molecule has 9 nitrogen and oxygen atoms in total. The van der Waals surface area contributed by atoms with Crippen LogP contribution >= 0.6 is 7.82 Å². The lowest BCUT2D eigenvalue weighted by Gasteiger charge is -2.29. The Morgan fingerprint density at radius 3 is 1.36 bits per heavy atom. The molecular weight excluding hydrogens is 725 g/mol. The molecule has 0 aliphatic carbocycles. The third-order valence-electron chi connectivity index (χ3n) is 9.93. The highest BCUT2D eigenvalue weighted by Gasteiger charge is 2.31. The topological polar surface area (TPSA) is 108 Å². The minimum absolute atomic E-state index is 0.228. The van der Waals surface area contributed by atoms with E-state index in [1.165, 1.54) is 89.9 Å². The minimum Gasteiger partial charge on any atom is -0.462 e. The van der Waals surface area contributed by atoms with Crippen LogP contribution in [0.2, 0.25) is 0 Å². The molecule has 0 aliphatic heterocycles. The van der Waals surface area contributed by atoms with Crippen molar-refractivity contribution in [3.05, 3.63) is 24.3 Å². The first kappa shape index (κ1) is 54.5. The average Bonchev–Trinajstić information content (AvgIpc) is 3.14. The fraction of sp³-hybridized carbons (Fsp3) is 0.870. The molecule has 3 atom stereocenters. The smallest absolute Gasteiger partial charge is 0.462 e. The summed E-state index contributed by atoms with van der Waals surface area (Å²) in [7, 11) is 1.49. The van der Waals surface area contributed by atoms with Crippen LogP contribution in [0.15, 0.2) is 24.3 Å². The lowest BCUT2D eigenvalue weighted by molar-refractivity contribution is -0.873. The molecule has 0 aromatic carbocycles. The first-order valence-electron chi connectivity index (χ1n) is 23.0. The number of quaternary nitrogens is 1. The summed E-state index contributed by atoms with van der Waals surface area (Å²) in [4.78, 5) is 35.8. The van der Waals surface area contributed by atoms with E-state index in [1.807, 2.05) is 28.1 Å². The van der Waals surface area contributed by atoms with Crippen LogP contribution in [0.3, 0.4) is 0 Å². The Kier molecular flexibility index (Phi) is 36.7. The van der Waals surface area contributed by atoms with E-state index in [9.17, 15) is 19.0 Å². The fourth-order valence-electron chi connectivity index (χ4n) is 6.54. The number of carbonyl (C=O) groups is 2. The second-order valence-corrected chi connectivity index (χ2v) is 18.2. The van der Waals surface area contributed by atoms with E-state index in [2.05, 4.69) is 38.2 Å². The van der Waals surface area contributed by atoms with Gasteiger partial charge in [-0.1, -0.05) is 148 Å². The van der Waals surface area contributed by atoms with E-state index in [-0.39, 0.29) is 25.4 Å². The number of rotatable bonds is 41. The van der Waals surface area contributed by atoms with Crippen molar-refractivity contribution >= 4 is 19.8 Å². The summed E-state index contributed by atoms with van der Waals surface area (Å²) in [6, 6.07) is 0. The van der Waals surface area contributed by atoms with Crippen molar-refractivity contribution in [1.82, 2.24) is 0 Å². The fourth-order valence-corrected chi connectivity index (χ4v) is 7.55. The van der Waals surface area contributed by atoms with Gasteiger partial charge in [-0.05, 0) is 70.6 Å². The van der Waals surface area contributed by atoms with Crippen LogP contribution in [0.1, 0.15) is 207 Å². The number of allylic oxidation sites excluding steroid dienone is 4. The minimum atomic E-state index is -4.45. The monoisotopic (exact) mass is 815 g/mol. The summed E-state index contributed by atoms with van der Waals surface area (Å²) in [5.74, 6) is -0.812. The molecule has 0 heterocycles. The number of phosphoric acid groups is 1. The largest absolute Gasteiger partial charge is 0.472 e. The number of phosphoric ester groups is 1. The molecule has 0 bridgehead atoms. The van der Waals surface area contributed by atoms with Gasteiger partial charge in [0, 0.05) is 12.8 Å². The Hall–Kier alpha value is -1.51. The number of hydrogen-bond donors (Lipinski definition) is 1. The molecule has 56 heavy (non-hydrogen) atoms. The molecule has 0 saturated heterocycles. The van der Waals surface area contributed by atoms with Gasteiger partial charge in [0.05, 0.1) is 27.7 Å². The molecule has 0 saturated carbocycles. The molecule has 10 heteroatoms. The van der Waals surface area contributed by atoms with Gasteiger partial charge in [-0.15, -0.1) is 0 Å². The normalized spacial score (nSPS) is 14.3. The Balaban J connectivity index is 4.55. The van der Waals surface area contributed by atoms with Crippen LogP contribution < -0.4 is 0 Å². The summed E-state index contributed by atoms with van der Waals surface area (Å²) in [6.45, 7) is 6.26. The SMILES string of the molecule is CCCCCCCC/C=C\CCCCCCCC(=O)OC[C@H](COP(=O)(O)O[C@@H](CC)C[N+](C)(C)C)OC(=O)CCCCCCC/C=C\CCCCCCCC. The van der Waals surface area contributed by atoms with Crippen molar-refractivity contribution in [3.63, 3.8) is 0 Å². The van der Waals surface area contributed by atoms with Gasteiger partial charge in [0.25, 0.3) is 0 Å². The van der Waals surface area contributed by atoms with Gasteiger partial charge < -0.3 is 18.9 Å². The summed E-state index contributed by atoms with van der Waals surface area (Å²) >= 11 is 0. The zero-order valence-corrected chi connectivity index (χ0v) is 38.2. The highest BCUT2D eigenvalue weighted by atomic mass is 31.2. The second-order valence-electron chi connectivity index (χ2n) is 16.8. The van der Waals surface area contributed by atoms with Crippen LogP contribution in [0.25, 0.3) is 0 Å². The Bertz CT molecular complexity index is 1030. The molecule has 1 unspecified atom stereocenters. The first-order chi connectivity index (χ1) is 26.9. The first-order valence-corrected chi connectivity index (χ1v) is 24.5. The van der Waals surface area contributed by atoms with Crippen molar-refractivity contribution in [3.8, 4) is 0 Å². The predicted octanol–water partition coefficient (Wildman–Crippen LogP) is 13.1. The maximum absolute atomic E-state index is 12.8. The predicted molar refractivity (Wildman–Crippen MR) is 234 cm³/mol. The van der Waals surface area contributed by atoms with Crippen molar-refractivity contribution in [1.29, 1.82) is 0 Å². The van der Waals surface area contributed by atoms with E-state index in [1.54, 1.807) is 0 Å². The van der Waals surface area contributed by atoms with E-state index in [4.69, 9.17) is 18.5 Å². The van der Waals surface area contributed by atoms with Crippen molar-refractivity contribution < 1.29 is 42.1 Å². The lowest BCUT2D eigenvalue weighted by Crippen LogP contribution is -2.42. The molecule has 0 rings (SSSR count). The number of hydrogen-bond acceptors (Lipinski definition) is 7. The van der Waals surface area contributed by atoms with Crippen LogP contribution in [-0.4, -0.2) is 74.4 Å². The molecular formula is C46H89NO8P+. The second kappa shape index (κ2) is 37.7. The number of carbonyl (C=O) groups excluding carboxylic acids is 2. The quantitative estimate of drug-likeness (QED) is 0.0214. The summed E-state index contributed by atoms with van der Waals surface area (Å²) in [5, 5.41) is 0.